The van der Waals surface area contributed by atoms with E-state index in [-0.39, 0.29) is 30.4 Å². The molecule has 2 aromatic carbocycles. The topological polar surface area (TPSA) is 105 Å². The standard InChI is InChI=1S/C27H30N2O5/c1-16(2)13-24(26(31)32)29-25(30)17-11-12-18(14-17)28-27(33)34-15-23-21-9-5-3-7-19(21)20-8-4-6-10-22(20)23/h3-12,16-18,23-24H,13-15H2,1-2H3,(H,28,33)(H,29,30)(H,31,32)/t17?,18?,24-/m1/s1. The van der Waals surface area contributed by atoms with Gasteiger partial charge in [-0.1, -0.05) is 74.5 Å². The molecule has 4 rings (SSSR count). The predicted octanol–water partition coefficient (Wildman–Crippen LogP) is 4.09. The van der Waals surface area contributed by atoms with E-state index in [1.807, 2.05) is 38.1 Å². The molecular formula is C27H30N2O5. The normalized spacial score (nSPS) is 19.4. The molecule has 0 fully saturated rings. The van der Waals surface area contributed by atoms with E-state index >= 15 is 0 Å². The van der Waals surface area contributed by atoms with Crippen molar-refractivity contribution in [2.24, 2.45) is 11.8 Å². The lowest BCUT2D eigenvalue weighted by atomic mass is 9.98. The van der Waals surface area contributed by atoms with Crippen LogP contribution in [0.2, 0.25) is 0 Å². The molecule has 34 heavy (non-hydrogen) atoms. The van der Waals surface area contributed by atoms with E-state index in [0.717, 1.165) is 22.3 Å². The minimum atomic E-state index is -1.04. The number of benzene rings is 2. The third-order valence-corrected chi connectivity index (χ3v) is 6.39. The first-order valence-electron chi connectivity index (χ1n) is 11.7. The molecule has 0 spiro atoms. The predicted molar refractivity (Wildman–Crippen MR) is 128 cm³/mol. The zero-order valence-electron chi connectivity index (χ0n) is 19.4. The molecule has 0 saturated carbocycles. The van der Waals surface area contributed by atoms with E-state index in [1.54, 1.807) is 12.2 Å². The number of carboxylic acid groups (broad SMARTS) is 1. The zero-order chi connectivity index (χ0) is 24.2. The number of carbonyl (C=O) groups is 3. The van der Waals surface area contributed by atoms with E-state index < -0.39 is 24.0 Å². The summed E-state index contributed by atoms with van der Waals surface area (Å²) in [4.78, 5) is 36.5. The van der Waals surface area contributed by atoms with E-state index in [9.17, 15) is 19.5 Å². The minimum absolute atomic E-state index is 0.0234. The number of ether oxygens (including phenoxy) is 1. The van der Waals surface area contributed by atoms with Gasteiger partial charge in [-0.25, -0.2) is 9.59 Å². The number of carbonyl (C=O) groups excluding carboxylic acids is 2. The van der Waals surface area contributed by atoms with Gasteiger partial charge in [-0.05, 0) is 41.0 Å². The van der Waals surface area contributed by atoms with Gasteiger partial charge in [-0.3, -0.25) is 4.79 Å². The fourth-order valence-electron chi connectivity index (χ4n) is 4.76. The van der Waals surface area contributed by atoms with Gasteiger partial charge in [-0.15, -0.1) is 0 Å². The summed E-state index contributed by atoms with van der Waals surface area (Å²) in [6, 6.07) is 15.0. The van der Waals surface area contributed by atoms with Gasteiger partial charge in [0, 0.05) is 5.92 Å². The molecule has 7 heteroatoms. The first-order chi connectivity index (χ1) is 16.3. The largest absolute Gasteiger partial charge is 0.480 e. The number of hydrogen-bond donors (Lipinski definition) is 3. The molecule has 2 unspecified atom stereocenters. The lowest BCUT2D eigenvalue weighted by molar-refractivity contribution is -0.142. The van der Waals surface area contributed by atoms with Gasteiger partial charge in [-0.2, -0.15) is 0 Å². The highest BCUT2D eigenvalue weighted by atomic mass is 16.5. The Balaban J connectivity index is 1.29. The molecule has 0 heterocycles. The van der Waals surface area contributed by atoms with Crippen LogP contribution >= 0.6 is 0 Å². The van der Waals surface area contributed by atoms with Crippen LogP contribution < -0.4 is 10.6 Å². The van der Waals surface area contributed by atoms with Crippen LogP contribution in [0, 0.1) is 11.8 Å². The highest BCUT2D eigenvalue weighted by molar-refractivity contribution is 5.86. The lowest BCUT2D eigenvalue weighted by Gasteiger charge is -2.19. The lowest BCUT2D eigenvalue weighted by Crippen LogP contribution is -2.44. The van der Waals surface area contributed by atoms with Crippen LogP contribution in [0.15, 0.2) is 60.7 Å². The zero-order valence-corrected chi connectivity index (χ0v) is 19.4. The van der Waals surface area contributed by atoms with Gasteiger partial charge < -0.3 is 20.5 Å². The quantitative estimate of drug-likeness (QED) is 0.513. The first-order valence-corrected chi connectivity index (χ1v) is 11.7. The monoisotopic (exact) mass is 462 g/mol. The van der Waals surface area contributed by atoms with Crippen LogP contribution in [0.5, 0.6) is 0 Å². The Kier molecular flexibility index (Phi) is 7.01. The average Bonchev–Trinajstić information content (AvgIpc) is 3.39. The number of aliphatic carboxylic acids is 1. The maximum absolute atomic E-state index is 12.5. The molecule has 0 saturated heterocycles. The smallest absolute Gasteiger partial charge is 0.407 e. The number of amides is 2. The number of alkyl carbamates (subject to hydrolysis) is 1. The van der Waals surface area contributed by atoms with Crippen molar-refractivity contribution in [3.05, 3.63) is 71.8 Å². The van der Waals surface area contributed by atoms with Crippen LogP contribution in [0.25, 0.3) is 11.1 Å². The Bertz CT molecular complexity index is 1060. The van der Waals surface area contributed by atoms with Crippen molar-refractivity contribution in [3.8, 4) is 11.1 Å². The summed E-state index contributed by atoms with van der Waals surface area (Å²) in [6.07, 6.45) is 3.64. The van der Waals surface area contributed by atoms with Crippen molar-refractivity contribution < 1.29 is 24.2 Å². The Hall–Kier alpha value is -3.61. The Labute approximate surface area is 199 Å². The van der Waals surface area contributed by atoms with E-state index in [2.05, 4.69) is 34.9 Å². The molecule has 178 valence electrons. The fraction of sp³-hybridized carbons (Fsp3) is 0.370. The van der Waals surface area contributed by atoms with E-state index in [4.69, 9.17) is 4.74 Å². The van der Waals surface area contributed by atoms with Gasteiger partial charge in [0.25, 0.3) is 0 Å². The highest BCUT2D eigenvalue weighted by Crippen LogP contribution is 2.44. The van der Waals surface area contributed by atoms with Crippen molar-refractivity contribution in [2.45, 2.75) is 44.7 Å². The molecule has 3 atom stereocenters. The highest BCUT2D eigenvalue weighted by Gasteiger charge is 2.31. The number of carboxylic acids is 1. The van der Waals surface area contributed by atoms with E-state index in [1.165, 1.54) is 0 Å². The molecule has 0 aromatic heterocycles. The van der Waals surface area contributed by atoms with Gasteiger partial charge in [0.15, 0.2) is 0 Å². The average molecular weight is 463 g/mol. The second kappa shape index (κ2) is 10.1. The Morgan fingerprint density at radius 2 is 1.62 bits per heavy atom. The maximum Gasteiger partial charge on any atom is 0.407 e. The number of nitrogens with one attached hydrogen (secondary N) is 2. The number of hydrogen-bond acceptors (Lipinski definition) is 4. The molecule has 2 aliphatic carbocycles. The Morgan fingerprint density at radius 3 is 2.21 bits per heavy atom. The molecule has 2 aliphatic rings. The van der Waals surface area contributed by atoms with E-state index in [0.29, 0.717) is 12.8 Å². The van der Waals surface area contributed by atoms with Crippen LogP contribution in [-0.4, -0.2) is 41.8 Å². The molecule has 0 aliphatic heterocycles. The van der Waals surface area contributed by atoms with Gasteiger partial charge in [0.05, 0.1) is 12.0 Å². The van der Waals surface area contributed by atoms with Gasteiger partial charge in [0.1, 0.15) is 12.6 Å². The summed E-state index contributed by atoms with van der Waals surface area (Å²) < 4.78 is 5.57. The van der Waals surface area contributed by atoms with Crippen LogP contribution in [0.1, 0.15) is 43.7 Å². The molecule has 2 aromatic rings. The molecule has 0 radical (unpaired) electrons. The summed E-state index contributed by atoms with van der Waals surface area (Å²) in [7, 11) is 0. The summed E-state index contributed by atoms with van der Waals surface area (Å²) in [5.41, 5.74) is 4.61. The summed E-state index contributed by atoms with van der Waals surface area (Å²) in [5, 5.41) is 14.8. The molecular weight excluding hydrogens is 432 g/mol. The molecule has 7 nitrogen and oxygen atoms in total. The third kappa shape index (κ3) is 5.14. The Morgan fingerprint density at radius 1 is 1.00 bits per heavy atom. The molecule has 0 bridgehead atoms. The summed E-state index contributed by atoms with van der Waals surface area (Å²) in [5.74, 6) is -1.76. The second-order valence-corrected chi connectivity index (χ2v) is 9.33. The van der Waals surface area contributed by atoms with Crippen molar-refractivity contribution in [1.82, 2.24) is 10.6 Å². The number of fused-ring (bicyclic) bond motifs is 3. The SMILES string of the molecule is CC(C)C[C@@H](NC(=O)C1C=CC(NC(=O)OCC2c3ccccc3-c3ccccc32)C1)C(=O)O. The van der Waals surface area contributed by atoms with Crippen molar-refractivity contribution in [3.63, 3.8) is 0 Å². The number of rotatable bonds is 8. The van der Waals surface area contributed by atoms with Gasteiger partial charge >= 0.3 is 12.1 Å². The van der Waals surface area contributed by atoms with Crippen molar-refractivity contribution in [1.29, 1.82) is 0 Å². The van der Waals surface area contributed by atoms with Gasteiger partial charge in [0.2, 0.25) is 5.91 Å². The maximum atomic E-state index is 12.5. The third-order valence-electron chi connectivity index (χ3n) is 6.39. The summed E-state index contributed by atoms with van der Waals surface area (Å²) in [6.45, 7) is 4.04. The van der Waals surface area contributed by atoms with Crippen LogP contribution in [-0.2, 0) is 14.3 Å². The minimum Gasteiger partial charge on any atom is -0.480 e. The van der Waals surface area contributed by atoms with Crippen molar-refractivity contribution in [2.75, 3.05) is 6.61 Å². The summed E-state index contributed by atoms with van der Waals surface area (Å²) >= 11 is 0. The second-order valence-electron chi connectivity index (χ2n) is 9.33. The molecule has 3 N–H and O–H groups in total. The fourth-order valence-corrected chi connectivity index (χ4v) is 4.76. The first kappa shape index (κ1) is 23.5. The molecule has 2 amide bonds. The van der Waals surface area contributed by atoms with Crippen LogP contribution in [0.3, 0.4) is 0 Å². The van der Waals surface area contributed by atoms with Crippen LogP contribution in [0.4, 0.5) is 4.79 Å². The van der Waals surface area contributed by atoms with Crippen molar-refractivity contribution >= 4 is 18.0 Å².